The molecule has 2 unspecified atom stereocenters. The third-order valence-corrected chi connectivity index (χ3v) is 14.9. The molecule has 28 heteroatoms. The summed E-state index contributed by atoms with van der Waals surface area (Å²) in [5, 5.41) is 3.96. The second-order valence-corrected chi connectivity index (χ2v) is 21.1. The lowest BCUT2D eigenvalue weighted by Crippen LogP contribution is -2.33. The molecule has 5 heterocycles. The van der Waals surface area contributed by atoms with E-state index in [9.17, 15) is 46.0 Å². The summed E-state index contributed by atoms with van der Waals surface area (Å²) in [5.74, 6) is 5.40. The van der Waals surface area contributed by atoms with Crippen molar-refractivity contribution in [3.63, 3.8) is 0 Å². The Morgan fingerprint density at radius 1 is 1.04 bits per heavy atom. The second kappa shape index (κ2) is 22.0. The average Bonchev–Trinajstić information content (AvgIpc) is 3.87. The number of nitrogens with zero attached hydrogens (tertiary/aromatic N) is 5. The molecule has 0 bridgehead atoms. The lowest BCUT2D eigenvalue weighted by molar-refractivity contribution is -0.696. The number of phosphoric ester groups is 1. The number of nitrogens with one attached hydrogen (secondary N) is 1. The van der Waals surface area contributed by atoms with Crippen LogP contribution >= 0.6 is 23.5 Å². The number of rotatable bonds is 22. The number of hydrogen-bond acceptors (Lipinski definition) is 17. The number of nitrogen functional groups attached to an aromatic ring is 1. The lowest BCUT2D eigenvalue weighted by atomic mass is 10.1. The predicted molar refractivity (Wildman–Crippen MR) is 238 cm³/mol. The fraction of sp³-hybridized carbons (Fsp3) is 0.410. The van der Waals surface area contributed by atoms with Gasteiger partial charge in [-0.15, -0.1) is 0 Å². The number of aromatic nitrogens is 4. The van der Waals surface area contributed by atoms with Crippen LogP contribution in [-0.2, 0) is 53.0 Å². The number of pyridine rings is 1. The predicted octanol–water partition coefficient (Wildman–Crippen LogP) is 3.59. The number of carbonyl (C=O) groups excluding carboxylic acids is 1. The summed E-state index contributed by atoms with van der Waals surface area (Å²) >= 11 is 0. The standard InChI is InChI=1S/C39H48N7O17P3S/c1-2-45(30-11-10-28-22-32(39(48)61-33(28)23-30)27-14-19-44(20-15-27)17-7-21-67(56,57)58)18-5-3-4-9-34(47)41-16-6-8-29-24-46(38-36(29)37(40)42-26-43-38)35-13-12-31(60-35)25-59-65(52,53)63-66(54,55)62-64(49,50)51/h10-11,14-15,19-20,22-24,26,31,35H,2-5,7,9,12-13,16-18,21,25H2,1H3,(H7-,40,41,42,43,47,49,50,51,52,53,54,55,56,57,58)/t31-,35+/m0/s1. The Labute approximate surface area is 383 Å². The highest BCUT2D eigenvalue weighted by Crippen LogP contribution is 2.66. The van der Waals surface area contributed by atoms with Crippen LogP contribution in [0.3, 0.4) is 0 Å². The first-order valence-corrected chi connectivity index (χ1v) is 26.7. The van der Waals surface area contributed by atoms with Gasteiger partial charge in [-0.05, 0) is 50.8 Å². The van der Waals surface area contributed by atoms with E-state index in [-0.39, 0.29) is 37.5 Å². The molecular formula is C39H48N7O17P3S. The van der Waals surface area contributed by atoms with Crippen LogP contribution in [0, 0.1) is 11.8 Å². The first-order chi connectivity index (χ1) is 31.6. The molecule has 1 aliphatic heterocycles. The molecule has 0 saturated carbocycles. The van der Waals surface area contributed by atoms with Crippen LogP contribution < -0.4 is 26.1 Å². The van der Waals surface area contributed by atoms with Gasteiger partial charge in [-0.3, -0.25) is 9.32 Å². The average molecular weight is 1010 g/mol. The number of unbranched alkanes of at least 4 members (excludes halogenated alkanes) is 2. The number of hydrogen-bond donors (Lipinski definition) is 6. The second-order valence-electron chi connectivity index (χ2n) is 15.2. The molecule has 4 aromatic heterocycles. The molecule has 0 spiro atoms. The van der Waals surface area contributed by atoms with Crippen LogP contribution in [-0.4, -0.2) is 91.1 Å². The van der Waals surface area contributed by atoms with E-state index in [1.54, 1.807) is 45.9 Å². The summed E-state index contributed by atoms with van der Waals surface area (Å²) in [7, 11) is -20.8. The van der Waals surface area contributed by atoms with Gasteiger partial charge in [0.15, 0.2) is 12.4 Å². The van der Waals surface area contributed by atoms with Gasteiger partial charge in [-0.25, -0.2) is 41.4 Å². The maximum atomic E-state index is 13.0. The molecule has 67 heavy (non-hydrogen) atoms. The van der Waals surface area contributed by atoms with Crippen molar-refractivity contribution in [1.82, 2.24) is 19.9 Å². The molecule has 362 valence electrons. The SMILES string of the molecule is CCN(CCCCCC(=O)NCC#Cc1cn([C@H]2CC[C@@H](COP(=O)(O)OP(=O)(O)OP(=O)(O)O)O2)c2ncnc(N)c12)c1ccc2cc(-c3cc[n+](CCCS(=O)(=O)[O-])cc3)c(=O)oc2c1. The smallest absolute Gasteiger partial charge is 0.490 e. The van der Waals surface area contributed by atoms with E-state index in [0.29, 0.717) is 65.8 Å². The van der Waals surface area contributed by atoms with Crippen molar-refractivity contribution in [2.24, 2.45) is 0 Å². The third-order valence-electron chi connectivity index (χ3n) is 10.3. The molecule has 1 saturated heterocycles. The van der Waals surface area contributed by atoms with Crippen LogP contribution in [0.4, 0.5) is 11.5 Å². The van der Waals surface area contributed by atoms with E-state index in [1.165, 1.54) is 6.33 Å². The third kappa shape index (κ3) is 15.1. The zero-order valence-corrected chi connectivity index (χ0v) is 39.3. The van der Waals surface area contributed by atoms with Crippen LogP contribution in [0.25, 0.3) is 33.1 Å². The normalized spacial score (nSPS) is 17.2. The Kier molecular flexibility index (Phi) is 16.9. The number of fused-ring (bicyclic) bond motifs is 2. The van der Waals surface area contributed by atoms with Gasteiger partial charge in [0.25, 0.3) is 0 Å². The summed E-state index contributed by atoms with van der Waals surface area (Å²) in [4.78, 5) is 72.8. The Morgan fingerprint density at radius 2 is 1.81 bits per heavy atom. The first kappa shape index (κ1) is 51.5. The van der Waals surface area contributed by atoms with E-state index in [4.69, 9.17) is 29.2 Å². The number of benzene rings is 1. The van der Waals surface area contributed by atoms with Gasteiger partial charge in [0, 0.05) is 72.7 Å². The minimum atomic E-state index is -5.67. The van der Waals surface area contributed by atoms with E-state index in [2.05, 4.69) is 40.6 Å². The molecule has 5 aromatic rings. The summed E-state index contributed by atoms with van der Waals surface area (Å²) in [5.41, 5.74) is 8.80. The van der Waals surface area contributed by atoms with E-state index in [1.807, 2.05) is 25.1 Å². The summed E-state index contributed by atoms with van der Waals surface area (Å²) < 4.78 is 94.5. The minimum Gasteiger partial charge on any atom is -0.748 e. The number of nitrogens with two attached hydrogens (primary N) is 1. The number of phosphoric acid groups is 3. The molecule has 0 aliphatic carbocycles. The van der Waals surface area contributed by atoms with E-state index >= 15 is 0 Å². The maximum Gasteiger partial charge on any atom is 0.490 e. The number of anilines is 2. The Bertz CT molecular complexity index is 2970. The highest BCUT2D eigenvalue weighted by Gasteiger charge is 2.41. The molecule has 1 aliphatic rings. The van der Waals surface area contributed by atoms with Gasteiger partial charge < -0.3 is 53.8 Å². The molecule has 7 N–H and O–H groups in total. The van der Waals surface area contributed by atoms with Gasteiger partial charge >= 0.3 is 29.1 Å². The van der Waals surface area contributed by atoms with Gasteiger partial charge in [0.1, 0.15) is 36.1 Å². The quantitative estimate of drug-likeness (QED) is 0.0144. The van der Waals surface area contributed by atoms with Crippen LogP contribution in [0.15, 0.2) is 70.5 Å². The Hall–Kier alpha value is -4.89. The summed E-state index contributed by atoms with van der Waals surface area (Å²) in [6, 6.07) is 10.9. The number of carbonyl (C=O) groups is 1. The van der Waals surface area contributed by atoms with Crippen molar-refractivity contribution in [2.45, 2.75) is 70.7 Å². The van der Waals surface area contributed by atoms with Crippen LogP contribution in [0.2, 0.25) is 0 Å². The molecule has 24 nitrogen and oxygen atoms in total. The number of ether oxygens (including phenoxy) is 1. The highest BCUT2D eigenvalue weighted by molar-refractivity contribution is 7.85. The molecule has 1 amide bonds. The fourth-order valence-electron chi connectivity index (χ4n) is 7.23. The van der Waals surface area contributed by atoms with Gasteiger partial charge in [-0.2, -0.15) is 8.62 Å². The van der Waals surface area contributed by atoms with Crippen molar-refractivity contribution < 1.29 is 77.9 Å². The fourth-order valence-corrected chi connectivity index (χ4v) is 10.8. The maximum absolute atomic E-state index is 13.0. The molecule has 6 rings (SSSR count). The summed E-state index contributed by atoms with van der Waals surface area (Å²) in [6.07, 6.45) is 8.10. The molecule has 4 atom stereocenters. The molecule has 1 fully saturated rings. The minimum absolute atomic E-state index is 0.0382. The zero-order chi connectivity index (χ0) is 48.6. The molecule has 0 radical (unpaired) electrons. The van der Waals surface area contributed by atoms with Crippen molar-refractivity contribution in [3.05, 3.63) is 77.3 Å². The van der Waals surface area contributed by atoms with Crippen molar-refractivity contribution in [3.8, 4) is 23.0 Å². The monoisotopic (exact) mass is 1010 g/mol. The van der Waals surface area contributed by atoms with Gasteiger partial charge in [-0.1, -0.05) is 18.3 Å². The zero-order valence-electron chi connectivity index (χ0n) is 35.8. The Morgan fingerprint density at radius 3 is 2.52 bits per heavy atom. The molecular weight excluding hydrogens is 963 g/mol. The van der Waals surface area contributed by atoms with Crippen molar-refractivity contribution >= 4 is 73.0 Å². The van der Waals surface area contributed by atoms with Gasteiger partial charge in [0.2, 0.25) is 5.91 Å². The molecule has 1 aromatic carbocycles. The Balaban J connectivity index is 0.950. The summed E-state index contributed by atoms with van der Waals surface area (Å²) in [6.45, 7) is 3.19. The topological polar surface area (TPSA) is 349 Å². The largest absolute Gasteiger partial charge is 0.748 e. The number of aryl methyl sites for hydroxylation is 1. The van der Waals surface area contributed by atoms with E-state index < -0.39 is 63.9 Å². The lowest BCUT2D eigenvalue weighted by Gasteiger charge is -2.23. The van der Waals surface area contributed by atoms with Crippen molar-refractivity contribution in [1.29, 1.82) is 0 Å². The first-order valence-electron chi connectivity index (χ1n) is 20.6. The van der Waals surface area contributed by atoms with E-state index in [0.717, 1.165) is 23.9 Å². The number of amides is 1. The van der Waals surface area contributed by atoms with Crippen molar-refractivity contribution in [2.75, 3.05) is 42.6 Å². The van der Waals surface area contributed by atoms with Crippen LogP contribution in [0.5, 0.6) is 0 Å². The van der Waals surface area contributed by atoms with Gasteiger partial charge in [0.05, 0.1) is 45.9 Å². The van der Waals surface area contributed by atoms with Crippen LogP contribution in [0.1, 0.15) is 63.7 Å². The highest BCUT2D eigenvalue weighted by atomic mass is 32.2.